The van der Waals surface area contributed by atoms with Crippen LogP contribution in [0.2, 0.25) is 0 Å². The topological polar surface area (TPSA) is 73.5 Å². The lowest BCUT2D eigenvalue weighted by Crippen LogP contribution is -2.53. The second kappa shape index (κ2) is 8.12. The van der Waals surface area contributed by atoms with E-state index in [9.17, 15) is 9.59 Å². The molecular weight excluding hydrogens is 244 g/mol. The smallest absolute Gasteiger partial charge is 0.321 e. The number of urea groups is 1. The van der Waals surface area contributed by atoms with Gasteiger partial charge >= 0.3 is 6.03 Å². The number of hydrogen-bond donors (Lipinski definition) is 3. The molecule has 6 heteroatoms. The molecule has 0 aromatic carbocycles. The van der Waals surface area contributed by atoms with Gasteiger partial charge in [0.15, 0.2) is 0 Å². The van der Waals surface area contributed by atoms with E-state index in [1.807, 2.05) is 13.8 Å². The lowest BCUT2D eigenvalue weighted by Gasteiger charge is -2.35. The van der Waals surface area contributed by atoms with Crippen LogP contribution < -0.4 is 16.0 Å². The van der Waals surface area contributed by atoms with E-state index in [0.29, 0.717) is 12.6 Å². The van der Waals surface area contributed by atoms with Gasteiger partial charge in [-0.2, -0.15) is 0 Å². The molecule has 1 aliphatic heterocycles. The number of carbonyl (C=O) groups is 2. The Balaban J connectivity index is 2.35. The van der Waals surface area contributed by atoms with Crippen LogP contribution in [0.3, 0.4) is 0 Å². The average Bonchev–Trinajstić information content (AvgIpc) is 2.39. The molecular formula is C13H26N4O2. The Labute approximate surface area is 115 Å². The zero-order valence-corrected chi connectivity index (χ0v) is 12.2. The molecule has 0 aliphatic carbocycles. The number of nitrogens with zero attached hydrogens (tertiary/aromatic N) is 1. The third-order valence-corrected chi connectivity index (χ3v) is 3.52. The van der Waals surface area contributed by atoms with Crippen LogP contribution in [0.4, 0.5) is 4.79 Å². The number of carbonyl (C=O) groups excluding carboxylic acids is 2. The molecule has 1 atom stereocenters. The number of likely N-dealkylation sites (tertiary alicyclic amines) is 1. The molecule has 1 fully saturated rings. The van der Waals surface area contributed by atoms with Gasteiger partial charge in [0.2, 0.25) is 5.91 Å². The molecule has 110 valence electrons. The molecule has 19 heavy (non-hydrogen) atoms. The molecule has 1 heterocycles. The number of amides is 3. The van der Waals surface area contributed by atoms with Crippen LogP contribution in [0.25, 0.3) is 0 Å². The minimum Gasteiger partial charge on any atom is -0.338 e. The van der Waals surface area contributed by atoms with Gasteiger partial charge in [0, 0.05) is 25.7 Å². The van der Waals surface area contributed by atoms with Crippen molar-refractivity contribution in [3.63, 3.8) is 0 Å². The molecule has 0 aromatic heterocycles. The maximum absolute atomic E-state index is 11.9. The van der Waals surface area contributed by atoms with Crippen molar-refractivity contribution in [3.8, 4) is 0 Å². The van der Waals surface area contributed by atoms with E-state index < -0.39 is 6.03 Å². The Morgan fingerprint density at radius 2 is 1.84 bits per heavy atom. The third kappa shape index (κ3) is 5.16. The second-order valence-electron chi connectivity index (χ2n) is 4.89. The lowest BCUT2D eigenvalue weighted by molar-refractivity contribution is -0.125. The molecule has 0 saturated carbocycles. The first-order chi connectivity index (χ1) is 9.08. The highest BCUT2D eigenvalue weighted by atomic mass is 16.2. The Morgan fingerprint density at radius 3 is 2.37 bits per heavy atom. The van der Waals surface area contributed by atoms with Crippen LogP contribution >= 0.6 is 0 Å². The summed E-state index contributed by atoms with van der Waals surface area (Å²) in [5.74, 6) is -0.229. The van der Waals surface area contributed by atoms with Gasteiger partial charge in [-0.15, -0.1) is 0 Å². The highest BCUT2D eigenvalue weighted by Gasteiger charge is 2.26. The van der Waals surface area contributed by atoms with Crippen molar-refractivity contribution < 1.29 is 9.59 Å². The highest BCUT2D eigenvalue weighted by Crippen LogP contribution is 2.13. The number of hydrogen-bond acceptors (Lipinski definition) is 4. The molecule has 3 N–H and O–H groups in total. The molecule has 1 unspecified atom stereocenters. The summed E-state index contributed by atoms with van der Waals surface area (Å²) in [6.45, 7) is 9.05. The SMILES string of the molecule is CCNC(=O)NC(=O)C(C)N1CCC(NCC)CC1. The highest BCUT2D eigenvalue weighted by molar-refractivity contribution is 5.96. The van der Waals surface area contributed by atoms with E-state index in [-0.39, 0.29) is 11.9 Å². The largest absolute Gasteiger partial charge is 0.338 e. The summed E-state index contributed by atoms with van der Waals surface area (Å²) in [6.07, 6.45) is 2.10. The van der Waals surface area contributed by atoms with Gasteiger partial charge in [0.25, 0.3) is 0 Å². The van der Waals surface area contributed by atoms with Gasteiger partial charge in [-0.05, 0) is 33.2 Å². The van der Waals surface area contributed by atoms with Crippen molar-refractivity contribution in [1.82, 2.24) is 20.9 Å². The number of piperidine rings is 1. The fourth-order valence-corrected chi connectivity index (χ4v) is 2.37. The second-order valence-corrected chi connectivity index (χ2v) is 4.89. The van der Waals surface area contributed by atoms with E-state index in [4.69, 9.17) is 0 Å². The van der Waals surface area contributed by atoms with Crippen LogP contribution in [0.15, 0.2) is 0 Å². The Kier molecular flexibility index (Phi) is 6.80. The van der Waals surface area contributed by atoms with Crippen LogP contribution in [0.1, 0.15) is 33.6 Å². The van der Waals surface area contributed by atoms with Gasteiger partial charge in [-0.3, -0.25) is 15.0 Å². The van der Waals surface area contributed by atoms with E-state index in [2.05, 4.69) is 27.8 Å². The van der Waals surface area contributed by atoms with Crippen LogP contribution in [-0.2, 0) is 4.79 Å². The minimum atomic E-state index is -0.415. The maximum Gasteiger partial charge on any atom is 0.321 e. The van der Waals surface area contributed by atoms with E-state index in [1.165, 1.54) is 0 Å². The number of imide groups is 1. The van der Waals surface area contributed by atoms with E-state index in [1.54, 1.807) is 0 Å². The molecule has 0 aromatic rings. The summed E-state index contributed by atoms with van der Waals surface area (Å²) in [4.78, 5) is 25.3. The lowest BCUT2D eigenvalue weighted by atomic mass is 10.0. The van der Waals surface area contributed by atoms with Crippen molar-refractivity contribution in [2.24, 2.45) is 0 Å². The Hall–Kier alpha value is -1.14. The molecule has 0 radical (unpaired) electrons. The minimum absolute atomic E-state index is 0.229. The van der Waals surface area contributed by atoms with Crippen molar-refractivity contribution in [2.75, 3.05) is 26.2 Å². The monoisotopic (exact) mass is 270 g/mol. The van der Waals surface area contributed by atoms with E-state index in [0.717, 1.165) is 32.5 Å². The predicted molar refractivity (Wildman–Crippen MR) is 74.9 cm³/mol. The molecule has 3 amide bonds. The molecule has 1 aliphatic rings. The van der Waals surface area contributed by atoms with Crippen LogP contribution in [0, 0.1) is 0 Å². The average molecular weight is 270 g/mol. The zero-order chi connectivity index (χ0) is 14.3. The van der Waals surface area contributed by atoms with Crippen LogP contribution in [0.5, 0.6) is 0 Å². The number of nitrogens with one attached hydrogen (secondary N) is 3. The quantitative estimate of drug-likeness (QED) is 0.671. The molecule has 0 bridgehead atoms. The van der Waals surface area contributed by atoms with Crippen molar-refractivity contribution in [3.05, 3.63) is 0 Å². The van der Waals surface area contributed by atoms with E-state index >= 15 is 0 Å². The summed E-state index contributed by atoms with van der Waals surface area (Å²) in [5, 5.41) is 8.36. The standard InChI is InChI=1S/C13H26N4O2/c1-4-14-11-6-8-17(9-7-11)10(3)12(18)16-13(19)15-5-2/h10-11,14H,4-9H2,1-3H3,(H2,15,16,18,19). The van der Waals surface area contributed by atoms with Gasteiger partial charge in [0.1, 0.15) is 0 Å². The Bertz CT molecular complexity index is 301. The van der Waals surface area contributed by atoms with Gasteiger partial charge in [0.05, 0.1) is 6.04 Å². The fraction of sp³-hybridized carbons (Fsp3) is 0.846. The Morgan fingerprint density at radius 1 is 1.21 bits per heavy atom. The molecule has 6 nitrogen and oxygen atoms in total. The zero-order valence-electron chi connectivity index (χ0n) is 12.2. The predicted octanol–water partition coefficient (Wildman–Crippen LogP) is 0.295. The first kappa shape index (κ1) is 15.9. The molecule has 1 saturated heterocycles. The maximum atomic E-state index is 11.9. The van der Waals surface area contributed by atoms with Crippen LogP contribution in [-0.4, -0.2) is 55.1 Å². The first-order valence-corrected chi connectivity index (χ1v) is 7.14. The normalized spacial score (nSPS) is 18.9. The number of rotatable bonds is 5. The first-order valence-electron chi connectivity index (χ1n) is 7.14. The fourth-order valence-electron chi connectivity index (χ4n) is 2.37. The summed E-state index contributed by atoms with van der Waals surface area (Å²) in [7, 11) is 0. The summed E-state index contributed by atoms with van der Waals surface area (Å²) in [6, 6.07) is -0.119. The molecule has 1 rings (SSSR count). The summed E-state index contributed by atoms with van der Waals surface area (Å²) < 4.78 is 0. The van der Waals surface area contributed by atoms with Crippen molar-refractivity contribution >= 4 is 11.9 Å². The summed E-state index contributed by atoms with van der Waals surface area (Å²) >= 11 is 0. The van der Waals surface area contributed by atoms with Crippen molar-refractivity contribution in [2.45, 2.75) is 45.7 Å². The van der Waals surface area contributed by atoms with Gasteiger partial charge in [-0.25, -0.2) is 4.79 Å². The van der Waals surface area contributed by atoms with Crippen molar-refractivity contribution in [1.29, 1.82) is 0 Å². The van der Waals surface area contributed by atoms with Gasteiger partial charge < -0.3 is 10.6 Å². The van der Waals surface area contributed by atoms with Gasteiger partial charge in [-0.1, -0.05) is 6.92 Å². The third-order valence-electron chi connectivity index (χ3n) is 3.52. The summed E-state index contributed by atoms with van der Waals surface area (Å²) in [5.41, 5.74) is 0. The molecule has 0 spiro atoms.